The third kappa shape index (κ3) is 4.72. The maximum Gasteiger partial charge on any atom is 0.514 e. The lowest BCUT2D eigenvalue weighted by Gasteiger charge is -2.40. The van der Waals surface area contributed by atoms with Gasteiger partial charge < -0.3 is 18.9 Å². The summed E-state index contributed by atoms with van der Waals surface area (Å²) in [5.41, 5.74) is 4.60. The summed E-state index contributed by atoms with van der Waals surface area (Å²) in [6.45, 7) is 20.0. The van der Waals surface area contributed by atoms with Crippen LogP contribution in [-0.2, 0) is 14.0 Å². The molecule has 2 fully saturated rings. The Balaban J connectivity index is 1.45. The van der Waals surface area contributed by atoms with Crippen molar-refractivity contribution < 1.29 is 18.8 Å². The second kappa shape index (κ2) is 8.12. The molecule has 33 heavy (non-hydrogen) atoms. The monoisotopic (exact) mass is 454 g/mol. The van der Waals surface area contributed by atoms with Crippen LogP contribution in [0.15, 0.2) is 39.5 Å². The Morgan fingerprint density at radius 2 is 1.82 bits per heavy atom. The topological polar surface area (TPSA) is 60.4 Å². The van der Waals surface area contributed by atoms with E-state index in [0.717, 1.165) is 37.2 Å². The smallest absolute Gasteiger partial charge is 0.444 e. The van der Waals surface area contributed by atoms with Crippen molar-refractivity contribution in [1.82, 2.24) is 4.90 Å². The van der Waals surface area contributed by atoms with Gasteiger partial charge in [-0.3, -0.25) is 4.99 Å². The molecule has 180 valence electrons. The minimum atomic E-state index is -0.453. The van der Waals surface area contributed by atoms with E-state index < -0.39 is 12.7 Å². The highest BCUT2D eigenvalue weighted by molar-refractivity contribution is 6.56. The summed E-state index contributed by atoms with van der Waals surface area (Å²) in [6, 6.07) is 0. The molecule has 2 saturated heterocycles. The Bertz CT molecular complexity index is 943. The largest absolute Gasteiger partial charge is 0.514 e. The van der Waals surface area contributed by atoms with Gasteiger partial charge >= 0.3 is 13.2 Å². The molecule has 0 atom stereocenters. The number of allylic oxidation sites excluding steroid dienone is 5. The van der Waals surface area contributed by atoms with Crippen molar-refractivity contribution in [1.29, 1.82) is 0 Å². The zero-order valence-corrected chi connectivity index (χ0v) is 21.7. The van der Waals surface area contributed by atoms with Crippen molar-refractivity contribution in [3.63, 3.8) is 0 Å². The third-order valence-electron chi connectivity index (χ3n) is 7.21. The van der Waals surface area contributed by atoms with Gasteiger partial charge in [0, 0.05) is 25.1 Å². The molecular weight excluding hydrogens is 415 g/mol. The Morgan fingerprint density at radius 3 is 2.36 bits per heavy atom. The Hall–Kier alpha value is -1.86. The van der Waals surface area contributed by atoms with E-state index in [0.29, 0.717) is 11.8 Å². The van der Waals surface area contributed by atoms with Crippen LogP contribution in [0.3, 0.4) is 0 Å². The number of rotatable bonds is 4. The van der Waals surface area contributed by atoms with Crippen LogP contribution in [-0.4, -0.2) is 53.7 Å². The zero-order valence-electron chi connectivity index (χ0n) is 21.7. The number of hydrogen-bond acceptors (Lipinski definition) is 5. The van der Waals surface area contributed by atoms with Crippen LogP contribution >= 0.6 is 0 Å². The standard InChI is InChI=1S/C26H39BN2O4/c1-16(2)21-19-13-17(12-18-14-29(15-18)23(30)31-24(3,4)5)10-11-20(19)28-22(21)27-32-25(6,7)26(8,9)33-27/h10,13,16,18H,11-12,14-15H2,1-9H3. The molecule has 0 aromatic rings. The predicted octanol–water partition coefficient (Wildman–Crippen LogP) is 5.50. The summed E-state index contributed by atoms with van der Waals surface area (Å²) in [5.74, 6) is 0.784. The van der Waals surface area contributed by atoms with Crippen molar-refractivity contribution >= 4 is 18.9 Å². The van der Waals surface area contributed by atoms with Gasteiger partial charge in [-0.05, 0) is 78.4 Å². The number of carbonyl (C=O) groups excluding carboxylic acids is 1. The van der Waals surface area contributed by atoms with Crippen LogP contribution in [0.1, 0.15) is 75.2 Å². The van der Waals surface area contributed by atoms with Gasteiger partial charge in [-0.25, -0.2) is 4.79 Å². The van der Waals surface area contributed by atoms with E-state index in [2.05, 4.69) is 53.7 Å². The highest BCUT2D eigenvalue weighted by Gasteiger charge is 2.54. The van der Waals surface area contributed by atoms with E-state index in [1.165, 1.54) is 16.7 Å². The normalized spacial score (nSPS) is 24.5. The summed E-state index contributed by atoms with van der Waals surface area (Å²) in [6.07, 6.45) is 6.16. The second-order valence-corrected chi connectivity index (χ2v) is 12.1. The first kappa shape index (κ1) is 24.3. The van der Waals surface area contributed by atoms with Crippen LogP contribution in [0.4, 0.5) is 4.79 Å². The second-order valence-electron chi connectivity index (χ2n) is 12.1. The third-order valence-corrected chi connectivity index (χ3v) is 7.21. The molecule has 1 amide bonds. The molecular formula is C26H39BN2O4. The maximum atomic E-state index is 12.2. The molecule has 6 nitrogen and oxygen atoms in total. The lowest BCUT2D eigenvalue weighted by molar-refractivity contribution is -0.000781. The fraction of sp³-hybridized carbons (Fsp3) is 0.692. The fourth-order valence-corrected chi connectivity index (χ4v) is 4.74. The van der Waals surface area contributed by atoms with Crippen molar-refractivity contribution in [2.45, 2.75) is 92.0 Å². The van der Waals surface area contributed by atoms with E-state index in [1.807, 2.05) is 20.8 Å². The summed E-state index contributed by atoms with van der Waals surface area (Å²) in [5, 5.41) is 0. The van der Waals surface area contributed by atoms with E-state index in [-0.39, 0.29) is 17.3 Å². The number of likely N-dealkylation sites (tertiary alicyclic amines) is 1. The van der Waals surface area contributed by atoms with Crippen LogP contribution in [0.25, 0.3) is 0 Å². The number of hydrogen-bond donors (Lipinski definition) is 0. The van der Waals surface area contributed by atoms with Gasteiger partial charge in [0.1, 0.15) is 5.60 Å². The maximum absolute atomic E-state index is 12.2. The summed E-state index contributed by atoms with van der Waals surface area (Å²) in [7, 11) is -0.441. The molecule has 4 rings (SSSR count). The quantitative estimate of drug-likeness (QED) is 0.527. The average Bonchev–Trinajstić information content (AvgIpc) is 3.10. The summed E-state index contributed by atoms with van der Waals surface area (Å²) >= 11 is 0. The summed E-state index contributed by atoms with van der Waals surface area (Å²) < 4.78 is 18.2. The van der Waals surface area contributed by atoms with Gasteiger partial charge in [-0.1, -0.05) is 25.5 Å². The van der Waals surface area contributed by atoms with Gasteiger partial charge in [0.2, 0.25) is 0 Å². The molecule has 3 aliphatic heterocycles. The van der Waals surface area contributed by atoms with Crippen LogP contribution in [0.5, 0.6) is 0 Å². The molecule has 0 spiro atoms. The van der Waals surface area contributed by atoms with Crippen molar-refractivity contribution in [2.24, 2.45) is 16.8 Å². The lowest BCUT2D eigenvalue weighted by atomic mass is 9.76. The Morgan fingerprint density at radius 1 is 1.21 bits per heavy atom. The summed E-state index contributed by atoms with van der Waals surface area (Å²) in [4.78, 5) is 19.0. The number of amides is 1. The predicted molar refractivity (Wildman–Crippen MR) is 132 cm³/mol. The first-order valence-electron chi connectivity index (χ1n) is 12.2. The molecule has 0 bridgehead atoms. The van der Waals surface area contributed by atoms with E-state index in [4.69, 9.17) is 19.0 Å². The van der Waals surface area contributed by atoms with E-state index in [9.17, 15) is 4.79 Å². The minimum absolute atomic E-state index is 0.211. The molecule has 0 unspecified atom stereocenters. The van der Waals surface area contributed by atoms with Crippen LogP contribution in [0, 0.1) is 11.8 Å². The highest BCUT2D eigenvalue weighted by atomic mass is 16.7. The molecule has 0 saturated carbocycles. The molecule has 3 heterocycles. The number of nitrogens with zero attached hydrogens (tertiary/aromatic N) is 2. The number of aliphatic imine (C=N–C) groups is 1. The van der Waals surface area contributed by atoms with Crippen molar-refractivity contribution in [3.8, 4) is 0 Å². The molecule has 4 aliphatic rings. The van der Waals surface area contributed by atoms with Crippen molar-refractivity contribution in [2.75, 3.05) is 13.1 Å². The Kier molecular flexibility index (Phi) is 5.98. The number of carbonyl (C=O) groups is 1. The SMILES string of the molecule is CC(C)C1=C(B2OC(C)(C)C(C)(C)O2)N=C2CC=C(CC3CN(C(=O)OC(C)(C)C)C3)C=C21. The van der Waals surface area contributed by atoms with Gasteiger partial charge in [0.15, 0.2) is 0 Å². The molecule has 0 aromatic carbocycles. The number of fused-ring (bicyclic) bond motifs is 1. The van der Waals surface area contributed by atoms with E-state index >= 15 is 0 Å². The minimum Gasteiger partial charge on any atom is -0.444 e. The first-order chi connectivity index (χ1) is 15.2. The molecule has 0 radical (unpaired) electrons. The zero-order chi connectivity index (χ0) is 24.3. The van der Waals surface area contributed by atoms with Crippen LogP contribution in [0.2, 0.25) is 0 Å². The van der Waals surface area contributed by atoms with Gasteiger partial charge in [0.25, 0.3) is 0 Å². The molecule has 0 aromatic heterocycles. The Labute approximate surface area is 199 Å². The van der Waals surface area contributed by atoms with Gasteiger partial charge in [-0.15, -0.1) is 0 Å². The number of ether oxygens (including phenoxy) is 1. The van der Waals surface area contributed by atoms with Crippen molar-refractivity contribution in [3.05, 3.63) is 34.5 Å². The molecule has 1 aliphatic carbocycles. The lowest BCUT2D eigenvalue weighted by Crippen LogP contribution is -2.51. The highest BCUT2D eigenvalue weighted by Crippen LogP contribution is 2.44. The average molecular weight is 454 g/mol. The first-order valence-corrected chi connectivity index (χ1v) is 12.2. The van der Waals surface area contributed by atoms with Gasteiger partial charge in [-0.2, -0.15) is 0 Å². The van der Waals surface area contributed by atoms with Crippen LogP contribution < -0.4 is 0 Å². The fourth-order valence-electron chi connectivity index (χ4n) is 4.74. The van der Waals surface area contributed by atoms with Gasteiger partial charge in [0.05, 0.1) is 22.5 Å². The molecule has 0 N–H and O–H groups in total. The molecule has 7 heteroatoms. The van der Waals surface area contributed by atoms with E-state index in [1.54, 1.807) is 4.90 Å².